The number of benzene rings is 1. The Bertz CT molecular complexity index is 374. The van der Waals surface area contributed by atoms with E-state index in [4.69, 9.17) is 15.1 Å². The van der Waals surface area contributed by atoms with Gasteiger partial charge in [0.15, 0.2) is 0 Å². The summed E-state index contributed by atoms with van der Waals surface area (Å²) in [6, 6.07) is 7.69. The Hall–Kier alpha value is -1.18. The molecule has 0 aliphatic rings. The van der Waals surface area contributed by atoms with Crippen LogP contribution in [0, 0.1) is 11.3 Å². The zero-order valence-electron chi connectivity index (χ0n) is 9.27. The number of hydrogen-bond donors (Lipinski definition) is 1. The van der Waals surface area contributed by atoms with Gasteiger partial charge in [-0.25, -0.2) is 0 Å². The molecular weight excluding hydrogens is 222 g/mol. The summed E-state index contributed by atoms with van der Waals surface area (Å²) in [5.74, 6) is 2.45. The predicted molar refractivity (Wildman–Crippen MR) is 65.6 cm³/mol. The molecule has 0 saturated heterocycles. The monoisotopic (exact) mass is 237 g/mol. The number of thioether (sulfide) groups is 1. The molecule has 16 heavy (non-hydrogen) atoms. The molecule has 0 radical (unpaired) electrons. The molecule has 1 N–H and O–H groups in total. The van der Waals surface area contributed by atoms with Crippen molar-refractivity contribution >= 4 is 11.8 Å². The zero-order valence-corrected chi connectivity index (χ0v) is 10.1. The normalized spacial score (nSPS) is 9.81. The van der Waals surface area contributed by atoms with E-state index in [1.807, 2.05) is 12.1 Å². The van der Waals surface area contributed by atoms with Crippen LogP contribution in [0.15, 0.2) is 18.2 Å². The minimum absolute atomic E-state index is 0.240. The van der Waals surface area contributed by atoms with Gasteiger partial charge in [0, 0.05) is 12.4 Å². The third kappa shape index (κ3) is 3.76. The number of nitriles is 1. The summed E-state index contributed by atoms with van der Waals surface area (Å²) in [5.41, 5.74) is 1.70. The van der Waals surface area contributed by atoms with E-state index in [0.29, 0.717) is 11.3 Å². The van der Waals surface area contributed by atoms with Crippen molar-refractivity contribution in [1.82, 2.24) is 0 Å². The van der Waals surface area contributed by atoms with Gasteiger partial charge in [-0.05, 0) is 29.9 Å². The fraction of sp³-hybridized carbons (Fsp3) is 0.417. The van der Waals surface area contributed by atoms with Crippen LogP contribution in [0.3, 0.4) is 0 Å². The molecule has 0 fully saturated rings. The summed E-state index contributed by atoms with van der Waals surface area (Å²) < 4.78 is 5.13. The number of methoxy groups -OCH3 is 1. The van der Waals surface area contributed by atoms with Crippen molar-refractivity contribution in [3.8, 4) is 11.8 Å². The lowest BCUT2D eigenvalue weighted by Crippen LogP contribution is -1.91. The molecule has 1 rings (SSSR count). The topological polar surface area (TPSA) is 53.2 Å². The quantitative estimate of drug-likeness (QED) is 0.770. The Kier molecular flexibility index (Phi) is 5.76. The summed E-state index contributed by atoms with van der Waals surface area (Å²) in [6.07, 6.45) is 0.818. The van der Waals surface area contributed by atoms with E-state index in [2.05, 4.69) is 6.07 Å². The third-order valence-corrected chi connectivity index (χ3v) is 3.22. The first-order chi connectivity index (χ1) is 7.81. The number of aliphatic hydroxyl groups excluding tert-OH is 1. The molecule has 0 heterocycles. The van der Waals surface area contributed by atoms with E-state index in [1.165, 1.54) is 0 Å². The van der Waals surface area contributed by atoms with Crippen LogP contribution in [0.4, 0.5) is 0 Å². The molecule has 3 nitrogen and oxygen atoms in total. The van der Waals surface area contributed by atoms with Gasteiger partial charge >= 0.3 is 0 Å². The highest BCUT2D eigenvalue weighted by atomic mass is 32.2. The average Bonchev–Trinajstić information content (AvgIpc) is 2.34. The smallest absolute Gasteiger partial charge is 0.136 e. The van der Waals surface area contributed by atoms with E-state index in [9.17, 15) is 0 Å². The largest absolute Gasteiger partial charge is 0.495 e. The molecular formula is C12H15NO2S. The summed E-state index contributed by atoms with van der Waals surface area (Å²) in [7, 11) is 1.57. The molecule has 0 amide bonds. The second kappa shape index (κ2) is 7.15. The van der Waals surface area contributed by atoms with E-state index in [-0.39, 0.29) is 6.61 Å². The zero-order chi connectivity index (χ0) is 11.8. The summed E-state index contributed by atoms with van der Waals surface area (Å²) in [4.78, 5) is 0. The van der Waals surface area contributed by atoms with Crippen molar-refractivity contribution in [2.45, 2.75) is 12.2 Å². The molecule has 0 aliphatic carbocycles. The van der Waals surface area contributed by atoms with E-state index < -0.39 is 0 Å². The maximum atomic E-state index is 8.82. The highest BCUT2D eigenvalue weighted by Gasteiger charge is 2.03. The van der Waals surface area contributed by atoms with E-state index in [1.54, 1.807) is 24.9 Å². The second-order valence-electron chi connectivity index (χ2n) is 3.28. The Labute approximate surface area is 100 Å². The summed E-state index contributed by atoms with van der Waals surface area (Å²) >= 11 is 1.77. The highest BCUT2D eigenvalue weighted by molar-refractivity contribution is 7.98. The van der Waals surface area contributed by atoms with Gasteiger partial charge in [-0.3, -0.25) is 0 Å². The number of nitrogens with zero attached hydrogens (tertiary/aromatic N) is 1. The third-order valence-electron chi connectivity index (χ3n) is 2.10. The summed E-state index contributed by atoms with van der Waals surface area (Å²) in [5, 5.41) is 17.5. The first-order valence-corrected chi connectivity index (χ1v) is 6.23. The lowest BCUT2D eigenvalue weighted by molar-refractivity contribution is 0.296. The Morgan fingerprint density at radius 2 is 2.31 bits per heavy atom. The van der Waals surface area contributed by atoms with Crippen molar-refractivity contribution in [3.63, 3.8) is 0 Å². The van der Waals surface area contributed by atoms with Crippen molar-refractivity contribution in [1.29, 1.82) is 5.26 Å². The van der Waals surface area contributed by atoms with Crippen LogP contribution >= 0.6 is 11.8 Å². The molecule has 0 saturated carbocycles. The van der Waals surface area contributed by atoms with Crippen LogP contribution in [0.5, 0.6) is 5.75 Å². The van der Waals surface area contributed by atoms with E-state index >= 15 is 0 Å². The van der Waals surface area contributed by atoms with E-state index in [0.717, 1.165) is 23.5 Å². The molecule has 0 bridgehead atoms. The van der Waals surface area contributed by atoms with Gasteiger partial charge in [0.1, 0.15) is 11.8 Å². The summed E-state index contributed by atoms with van der Waals surface area (Å²) in [6.45, 7) is 0.240. The first kappa shape index (κ1) is 12.9. The molecule has 0 spiro atoms. The Balaban J connectivity index is 2.58. The molecule has 1 aromatic rings. The molecule has 0 aromatic heterocycles. The van der Waals surface area contributed by atoms with Crippen LogP contribution in [0.25, 0.3) is 0 Å². The van der Waals surface area contributed by atoms with Crippen LogP contribution in [-0.2, 0) is 5.75 Å². The average molecular weight is 237 g/mol. The minimum Gasteiger partial charge on any atom is -0.495 e. The van der Waals surface area contributed by atoms with Gasteiger partial charge in [0.2, 0.25) is 0 Å². The molecule has 1 aromatic carbocycles. The number of ether oxygens (including phenoxy) is 1. The van der Waals surface area contributed by atoms with Crippen LogP contribution in [-0.4, -0.2) is 24.6 Å². The number of rotatable bonds is 6. The lowest BCUT2D eigenvalue weighted by Gasteiger charge is -2.06. The van der Waals surface area contributed by atoms with Crippen molar-refractivity contribution in [2.24, 2.45) is 0 Å². The molecule has 0 atom stereocenters. The highest BCUT2D eigenvalue weighted by Crippen LogP contribution is 2.22. The second-order valence-corrected chi connectivity index (χ2v) is 4.38. The maximum absolute atomic E-state index is 8.82. The van der Waals surface area contributed by atoms with Gasteiger partial charge in [-0.1, -0.05) is 6.07 Å². The number of hydrogen-bond acceptors (Lipinski definition) is 4. The SMILES string of the molecule is COc1cc(CSCCCO)ccc1C#N. The minimum atomic E-state index is 0.240. The van der Waals surface area contributed by atoms with Gasteiger partial charge in [0.25, 0.3) is 0 Å². The molecule has 4 heteroatoms. The Morgan fingerprint density at radius 1 is 1.50 bits per heavy atom. The van der Waals surface area contributed by atoms with Crippen molar-refractivity contribution < 1.29 is 9.84 Å². The molecule has 0 unspecified atom stereocenters. The van der Waals surface area contributed by atoms with Gasteiger partial charge in [-0.2, -0.15) is 17.0 Å². The van der Waals surface area contributed by atoms with Gasteiger partial charge in [0.05, 0.1) is 12.7 Å². The fourth-order valence-corrected chi connectivity index (χ4v) is 2.17. The maximum Gasteiger partial charge on any atom is 0.136 e. The van der Waals surface area contributed by atoms with Gasteiger partial charge in [-0.15, -0.1) is 0 Å². The standard InChI is InChI=1S/C12H15NO2S/c1-15-12-7-10(3-4-11(12)8-13)9-16-6-2-5-14/h3-4,7,14H,2,5-6,9H2,1H3. The van der Waals surface area contributed by atoms with Crippen LogP contribution in [0.1, 0.15) is 17.5 Å². The number of aliphatic hydroxyl groups is 1. The van der Waals surface area contributed by atoms with Crippen LogP contribution < -0.4 is 4.74 Å². The first-order valence-electron chi connectivity index (χ1n) is 5.07. The predicted octanol–water partition coefficient (Wildman–Crippen LogP) is 2.18. The fourth-order valence-electron chi connectivity index (χ4n) is 1.27. The van der Waals surface area contributed by atoms with Crippen molar-refractivity contribution in [3.05, 3.63) is 29.3 Å². The Morgan fingerprint density at radius 3 is 2.94 bits per heavy atom. The lowest BCUT2D eigenvalue weighted by atomic mass is 10.1. The van der Waals surface area contributed by atoms with Crippen LogP contribution in [0.2, 0.25) is 0 Å². The van der Waals surface area contributed by atoms with Crippen molar-refractivity contribution in [2.75, 3.05) is 19.5 Å². The molecule has 86 valence electrons. The van der Waals surface area contributed by atoms with Gasteiger partial charge < -0.3 is 9.84 Å². The molecule has 0 aliphatic heterocycles.